The molecule has 284 valence electrons. The van der Waals surface area contributed by atoms with Crippen molar-refractivity contribution in [2.24, 2.45) is 0 Å². The topological polar surface area (TPSA) is 155 Å². The van der Waals surface area contributed by atoms with E-state index < -0.39 is 26.0 Å². The predicted molar refractivity (Wildman–Crippen MR) is 209 cm³/mol. The van der Waals surface area contributed by atoms with Gasteiger partial charge in [-0.2, -0.15) is 17.7 Å². The van der Waals surface area contributed by atoms with Gasteiger partial charge in [-0.15, -0.1) is 0 Å². The van der Waals surface area contributed by atoms with Gasteiger partial charge in [0.25, 0.3) is 10.1 Å². The molecule has 0 unspecified atom stereocenters. The van der Waals surface area contributed by atoms with E-state index in [1.165, 1.54) is 12.4 Å². The van der Waals surface area contributed by atoms with Gasteiger partial charge in [0.15, 0.2) is 18.1 Å². The van der Waals surface area contributed by atoms with E-state index in [1.807, 2.05) is 119 Å². The van der Waals surface area contributed by atoms with Crippen LogP contribution in [0.5, 0.6) is 5.75 Å². The lowest BCUT2D eigenvalue weighted by atomic mass is 9.97. The Balaban J connectivity index is 1.52. The standard InChI is InChI=1S/C42H41N3O8S2/c46-45-27-11-18-37(32-45)53-42-35(30-38(33-14-3-1-4-15-33)40-19-7-9-23-43(40)25-12-28-54(47,48)49)21-22-36(42)31-39(34-16-5-2-6-17-34)41-20-8-10-24-44(41)26-13-29-55(50,51)52/h1-11,14-20,23-24,27,30-32H,12-13,21-22,25-26,28-29H2,(H-,47,48,49,50,51,52). The molecule has 0 spiro atoms. The second-order valence-electron chi connectivity index (χ2n) is 13.0. The van der Waals surface area contributed by atoms with Crippen LogP contribution in [0.1, 0.15) is 42.5 Å². The van der Waals surface area contributed by atoms with Gasteiger partial charge < -0.3 is 19.4 Å². The molecule has 0 bridgehead atoms. The van der Waals surface area contributed by atoms with E-state index in [1.54, 1.807) is 12.1 Å². The Morgan fingerprint density at radius 2 is 1.56 bits per heavy atom. The maximum Gasteiger partial charge on any atom is 0.264 e. The molecule has 55 heavy (non-hydrogen) atoms. The maximum absolute atomic E-state index is 12.4. The minimum Gasteiger partial charge on any atom is -0.748 e. The summed E-state index contributed by atoms with van der Waals surface area (Å²) in [7, 11) is -8.51. The third-order valence-electron chi connectivity index (χ3n) is 9.05. The molecule has 2 aromatic heterocycles. The van der Waals surface area contributed by atoms with Gasteiger partial charge in [0.2, 0.25) is 11.9 Å². The lowest BCUT2D eigenvalue weighted by molar-refractivity contribution is -0.698. The molecule has 0 fully saturated rings. The third-order valence-corrected chi connectivity index (χ3v) is 10.6. The van der Waals surface area contributed by atoms with Crippen molar-refractivity contribution in [1.82, 2.24) is 4.90 Å². The second-order valence-corrected chi connectivity index (χ2v) is 16.1. The summed E-state index contributed by atoms with van der Waals surface area (Å²) < 4.78 is 76.0. The van der Waals surface area contributed by atoms with Gasteiger partial charge in [-0.1, -0.05) is 66.7 Å². The quantitative estimate of drug-likeness (QED) is 0.0856. The van der Waals surface area contributed by atoms with Gasteiger partial charge in [0.05, 0.1) is 21.4 Å². The number of nitrogens with zero attached hydrogens (tertiary/aromatic N) is 3. The normalized spacial score (nSPS) is 16.6. The van der Waals surface area contributed by atoms with Crippen LogP contribution in [0, 0.1) is 5.21 Å². The zero-order valence-electron chi connectivity index (χ0n) is 30.0. The number of aryl methyl sites for hydroxylation is 1. The molecular weight excluding hydrogens is 739 g/mol. The zero-order valence-corrected chi connectivity index (χ0v) is 31.6. The van der Waals surface area contributed by atoms with E-state index in [9.17, 15) is 31.1 Å². The molecule has 4 aromatic rings. The highest BCUT2D eigenvalue weighted by molar-refractivity contribution is 7.85. The molecule has 0 radical (unpaired) electrons. The predicted octanol–water partition coefficient (Wildman–Crippen LogP) is 6.10. The minimum absolute atomic E-state index is 0.149. The molecule has 11 nitrogen and oxygen atoms in total. The Labute approximate surface area is 321 Å². The second kappa shape index (κ2) is 17.7. The van der Waals surface area contributed by atoms with E-state index in [2.05, 4.69) is 12.2 Å². The summed E-state index contributed by atoms with van der Waals surface area (Å²) in [4.78, 5) is 1.96. The van der Waals surface area contributed by atoms with Gasteiger partial charge >= 0.3 is 0 Å². The van der Waals surface area contributed by atoms with Crippen molar-refractivity contribution in [1.29, 1.82) is 0 Å². The Morgan fingerprint density at radius 3 is 2.27 bits per heavy atom. The number of benzene rings is 2. The monoisotopic (exact) mass is 779 g/mol. The highest BCUT2D eigenvalue weighted by Gasteiger charge is 2.26. The van der Waals surface area contributed by atoms with Crippen LogP contribution in [0.25, 0.3) is 11.1 Å². The molecule has 3 heterocycles. The van der Waals surface area contributed by atoms with E-state index in [4.69, 9.17) is 4.74 Å². The Kier molecular flexibility index (Phi) is 12.6. The number of allylic oxidation sites excluding steroid dienone is 8. The Hall–Kier alpha value is -5.60. The number of pyridine rings is 2. The van der Waals surface area contributed by atoms with Crippen LogP contribution < -0.4 is 14.0 Å². The first kappa shape index (κ1) is 39.1. The largest absolute Gasteiger partial charge is 0.748 e. The van der Waals surface area contributed by atoms with Crippen molar-refractivity contribution in [3.63, 3.8) is 0 Å². The number of rotatable bonds is 15. The average Bonchev–Trinajstić information content (AvgIpc) is 3.53. The lowest BCUT2D eigenvalue weighted by Gasteiger charge is -2.26. The molecule has 0 amide bonds. The van der Waals surface area contributed by atoms with Crippen LogP contribution in [0.15, 0.2) is 169 Å². The molecule has 0 saturated carbocycles. The molecule has 1 aliphatic heterocycles. The van der Waals surface area contributed by atoms with Gasteiger partial charge in [-0.3, -0.25) is 4.55 Å². The van der Waals surface area contributed by atoms with Crippen LogP contribution in [-0.4, -0.2) is 48.9 Å². The van der Waals surface area contributed by atoms with Gasteiger partial charge in [0.1, 0.15) is 12.3 Å². The Morgan fingerprint density at radius 1 is 0.836 bits per heavy atom. The molecule has 2 aromatic carbocycles. The van der Waals surface area contributed by atoms with Crippen molar-refractivity contribution in [2.45, 2.75) is 32.2 Å². The lowest BCUT2D eigenvalue weighted by Crippen LogP contribution is -2.38. The van der Waals surface area contributed by atoms with Crippen molar-refractivity contribution >= 4 is 31.4 Å². The fraction of sp³-hybridized carbons (Fsp3) is 0.190. The summed E-state index contributed by atoms with van der Waals surface area (Å²) in [6.45, 7) is 0.647. The first-order valence-corrected chi connectivity index (χ1v) is 21.0. The van der Waals surface area contributed by atoms with E-state index >= 15 is 0 Å². The summed E-state index contributed by atoms with van der Waals surface area (Å²) in [5.41, 5.74) is 6.91. The number of ether oxygens (including phenoxy) is 1. The molecular formula is C42H41N3O8S2. The van der Waals surface area contributed by atoms with Crippen molar-refractivity contribution < 1.29 is 40.0 Å². The summed E-state index contributed by atoms with van der Waals surface area (Å²) in [5.74, 6) is 0.0745. The van der Waals surface area contributed by atoms with Gasteiger partial charge in [0, 0.05) is 54.4 Å². The maximum atomic E-state index is 12.4. The highest BCUT2D eigenvalue weighted by atomic mass is 32.2. The van der Waals surface area contributed by atoms with Crippen LogP contribution >= 0.6 is 0 Å². The number of hydrogen-bond acceptors (Lipinski definition) is 8. The molecule has 1 aliphatic carbocycles. The molecule has 0 saturated heterocycles. The van der Waals surface area contributed by atoms with E-state index in [-0.39, 0.29) is 18.6 Å². The molecule has 1 N–H and O–H groups in total. The molecule has 13 heteroatoms. The molecule has 6 rings (SSSR count). The zero-order chi connectivity index (χ0) is 38.8. The van der Waals surface area contributed by atoms with Crippen LogP contribution in [0.2, 0.25) is 0 Å². The van der Waals surface area contributed by atoms with Crippen LogP contribution in [0.4, 0.5) is 0 Å². The van der Waals surface area contributed by atoms with Crippen molar-refractivity contribution in [3.8, 4) is 5.75 Å². The van der Waals surface area contributed by atoms with E-state index in [0.29, 0.717) is 42.2 Å². The third kappa shape index (κ3) is 11.0. The van der Waals surface area contributed by atoms with Gasteiger partial charge in [-0.25, -0.2) is 8.42 Å². The molecule has 2 aliphatic rings. The van der Waals surface area contributed by atoms with Crippen LogP contribution in [0.3, 0.4) is 0 Å². The molecule has 0 atom stereocenters. The van der Waals surface area contributed by atoms with Gasteiger partial charge in [-0.05, 0) is 78.0 Å². The van der Waals surface area contributed by atoms with E-state index in [0.717, 1.165) is 44.8 Å². The fourth-order valence-corrected chi connectivity index (χ4v) is 7.55. The van der Waals surface area contributed by atoms with Crippen molar-refractivity contribution in [3.05, 3.63) is 191 Å². The van der Waals surface area contributed by atoms with Crippen LogP contribution in [-0.2, 0) is 26.8 Å². The van der Waals surface area contributed by atoms with Crippen molar-refractivity contribution in [2.75, 3.05) is 18.1 Å². The number of hydrogen-bond donors (Lipinski definition) is 1. The summed E-state index contributed by atoms with van der Waals surface area (Å²) in [6.07, 6.45) is 17.9. The summed E-state index contributed by atoms with van der Waals surface area (Å²) in [5, 5.41) is 12.4. The minimum atomic E-state index is -4.38. The SMILES string of the molecule is O=S(=O)([O-])CCC[n+]1ccccc1/C(=C/C1=C(Oc2ccc[n+]([O-])c2)C(=C/C(=C2/C=CC=CN2CCCS(=O)(=O)O)c2ccccc2)/CC1)c1ccccc1. The summed E-state index contributed by atoms with van der Waals surface area (Å²) >= 11 is 0. The first-order chi connectivity index (χ1) is 26.4. The first-order valence-electron chi connectivity index (χ1n) is 17.8. The number of aromatic nitrogens is 2. The Bertz CT molecular complexity index is 2420. The fourth-order valence-electron chi connectivity index (χ4n) is 6.58. The highest BCUT2D eigenvalue weighted by Crippen LogP contribution is 2.39. The summed E-state index contributed by atoms with van der Waals surface area (Å²) in [6, 6.07) is 28.7. The average molecular weight is 780 g/mol. The smallest absolute Gasteiger partial charge is 0.264 e.